The normalized spacial score (nSPS) is 10.6. The molecule has 0 aliphatic heterocycles. The highest BCUT2D eigenvalue weighted by Crippen LogP contribution is 2.26. The smallest absolute Gasteiger partial charge is 0.241 e. The predicted octanol–water partition coefficient (Wildman–Crippen LogP) is 4.47. The predicted molar refractivity (Wildman–Crippen MR) is 88.3 cm³/mol. The molecule has 1 amide bonds. The number of allylic oxidation sites excluding steroid dienone is 2. The summed E-state index contributed by atoms with van der Waals surface area (Å²) in [7, 11) is 0. The fourth-order valence-electron chi connectivity index (χ4n) is 1.86. The number of hydrogen-bond acceptors (Lipinski definition) is 1. The van der Waals surface area contributed by atoms with Crippen molar-refractivity contribution in [1.82, 2.24) is 0 Å². The summed E-state index contributed by atoms with van der Waals surface area (Å²) in [6, 6.07) is 14.9. The van der Waals surface area contributed by atoms with Gasteiger partial charge in [-0.3, -0.25) is 4.79 Å². The van der Waals surface area contributed by atoms with Crippen LogP contribution in [0.25, 0.3) is 5.57 Å². The lowest BCUT2D eigenvalue weighted by molar-refractivity contribution is -0.113. The van der Waals surface area contributed by atoms with Gasteiger partial charge in [-0.05, 0) is 41.0 Å². The molecule has 0 atom stereocenters. The second-order valence-electron chi connectivity index (χ2n) is 4.36. The van der Waals surface area contributed by atoms with Gasteiger partial charge in [-0.15, -0.1) is 0 Å². The van der Waals surface area contributed by atoms with Gasteiger partial charge >= 0.3 is 0 Å². The Balaban J connectivity index is 2.45. The minimum absolute atomic E-state index is 0.488. The number of primary amides is 1. The van der Waals surface area contributed by atoms with E-state index in [0.717, 1.165) is 16.7 Å². The van der Waals surface area contributed by atoms with Gasteiger partial charge < -0.3 is 5.73 Å². The first-order valence-corrected chi connectivity index (χ1v) is 7.01. The van der Waals surface area contributed by atoms with Gasteiger partial charge in [-0.1, -0.05) is 59.6 Å². The fraction of sp³-hybridized carbons (Fsp3) is 0. The van der Waals surface area contributed by atoms with E-state index >= 15 is 0 Å². The molecule has 106 valence electrons. The summed E-state index contributed by atoms with van der Waals surface area (Å²) in [6.07, 6.45) is 4.77. The highest BCUT2D eigenvalue weighted by molar-refractivity contribution is 6.31. The molecule has 0 aliphatic rings. The van der Waals surface area contributed by atoms with E-state index < -0.39 is 5.91 Å². The van der Waals surface area contributed by atoms with Gasteiger partial charge in [0.25, 0.3) is 0 Å². The van der Waals surface area contributed by atoms with Crippen molar-refractivity contribution >= 4 is 34.7 Å². The van der Waals surface area contributed by atoms with Crippen molar-refractivity contribution in [3.05, 3.63) is 87.9 Å². The van der Waals surface area contributed by atoms with Crippen LogP contribution >= 0.6 is 23.2 Å². The van der Waals surface area contributed by atoms with Crippen molar-refractivity contribution in [2.45, 2.75) is 0 Å². The van der Waals surface area contributed by atoms with Crippen molar-refractivity contribution in [1.29, 1.82) is 0 Å². The Kier molecular flexibility index (Phi) is 5.20. The summed E-state index contributed by atoms with van der Waals surface area (Å²) < 4.78 is 0. The van der Waals surface area contributed by atoms with Gasteiger partial charge in [0.05, 0.1) is 0 Å². The number of hydrogen-bond donors (Lipinski definition) is 1. The molecule has 2 rings (SSSR count). The van der Waals surface area contributed by atoms with Crippen LogP contribution in [0.15, 0.2) is 66.8 Å². The Morgan fingerprint density at radius 3 is 1.67 bits per heavy atom. The molecule has 0 aliphatic carbocycles. The van der Waals surface area contributed by atoms with E-state index in [-0.39, 0.29) is 0 Å². The van der Waals surface area contributed by atoms with E-state index in [1.54, 1.807) is 6.08 Å². The molecule has 2 nitrogen and oxygen atoms in total. The average Bonchev–Trinajstić information content (AvgIpc) is 2.46. The summed E-state index contributed by atoms with van der Waals surface area (Å²) in [6.45, 7) is 0. The van der Waals surface area contributed by atoms with Crippen LogP contribution in [0, 0.1) is 0 Å². The standard InChI is InChI=1S/C17H13Cl2NO/c18-14-8-4-12(5-9-14)16(2-1-3-17(20)21)13-6-10-15(19)11-7-13/h1-11H,(H2,20,21)/b3-1-. The number of amides is 1. The van der Waals surface area contributed by atoms with Gasteiger partial charge in [0.2, 0.25) is 5.91 Å². The molecule has 0 aromatic heterocycles. The summed E-state index contributed by atoms with van der Waals surface area (Å²) in [5, 5.41) is 1.34. The van der Waals surface area contributed by atoms with E-state index in [9.17, 15) is 4.79 Å². The van der Waals surface area contributed by atoms with Crippen LogP contribution in [0.4, 0.5) is 0 Å². The van der Waals surface area contributed by atoms with E-state index in [0.29, 0.717) is 10.0 Å². The second-order valence-corrected chi connectivity index (χ2v) is 5.23. The summed E-state index contributed by atoms with van der Waals surface area (Å²) in [5.41, 5.74) is 8.02. The van der Waals surface area contributed by atoms with E-state index in [1.165, 1.54) is 6.08 Å². The molecule has 0 bridgehead atoms. The summed E-state index contributed by atoms with van der Waals surface area (Å²) in [4.78, 5) is 10.8. The molecule has 2 N–H and O–H groups in total. The lowest BCUT2D eigenvalue weighted by Crippen LogP contribution is -2.05. The Morgan fingerprint density at radius 2 is 1.29 bits per heavy atom. The van der Waals surface area contributed by atoms with Gasteiger partial charge in [-0.2, -0.15) is 0 Å². The highest BCUT2D eigenvalue weighted by atomic mass is 35.5. The third-order valence-corrected chi connectivity index (χ3v) is 3.34. The van der Waals surface area contributed by atoms with Crippen molar-refractivity contribution in [3.8, 4) is 0 Å². The number of benzene rings is 2. The maximum Gasteiger partial charge on any atom is 0.241 e. The third-order valence-electron chi connectivity index (χ3n) is 2.83. The van der Waals surface area contributed by atoms with Gasteiger partial charge in [0.15, 0.2) is 0 Å². The number of rotatable bonds is 4. The molecular formula is C17H13Cl2NO. The first-order valence-electron chi connectivity index (χ1n) is 6.26. The van der Waals surface area contributed by atoms with Crippen LogP contribution < -0.4 is 5.73 Å². The largest absolute Gasteiger partial charge is 0.366 e. The number of halogens is 2. The molecule has 4 heteroatoms. The zero-order valence-corrected chi connectivity index (χ0v) is 12.6. The molecule has 0 heterocycles. The maximum absolute atomic E-state index is 10.8. The molecule has 2 aromatic rings. The lowest BCUT2D eigenvalue weighted by Gasteiger charge is -2.08. The van der Waals surface area contributed by atoms with Crippen molar-refractivity contribution in [2.75, 3.05) is 0 Å². The van der Waals surface area contributed by atoms with E-state index in [1.807, 2.05) is 54.6 Å². The first kappa shape index (κ1) is 15.4. The molecular weight excluding hydrogens is 305 g/mol. The molecule has 0 saturated heterocycles. The summed E-state index contributed by atoms with van der Waals surface area (Å²) in [5.74, 6) is -0.488. The minimum atomic E-state index is -0.488. The van der Waals surface area contributed by atoms with Crippen LogP contribution in [0.3, 0.4) is 0 Å². The topological polar surface area (TPSA) is 43.1 Å². The SMILES string of the molecule is NC(=O)/C=C\C=C(c1ccc(Cl)cc1)c1ccc(Cl)cc1. The molecule has 0 saturated carbocycles. The first-order chi connectivity index (χ1) is 10.1. The quantitative estimate of drug-likeness (QED) is 0.656. The van der Waals surface area contributed by atoms with Crippen LogP contribution in [0.1, 0.15) is 11.1 Å². The van der Waals surface area contributed by atoms with E-state index in [2.05, 4.69) is 0 Å². The highest BCUT2D eigenvalue weighted by Gasteiger charge is 2.04. The molecule has 2 aromatic carbocycles. The minimum Gasteiger partial charge on any atom is -0.366 e. The van der Waals surface area contributed by atoms with Crippen LogP contribution in [0.2, 0.25) is 10.0 Å². The second kappa shape index (κ2) is 7.11. The van der Waals surface area contributed by atoms with Crippen molar-refractivity contribution in [2.24, 2.45) is 5.73 Å². The van der Waals surface area contributed by atoms with Crippen LogP contribution in [0.5, 0.6) is 0 Å². The van der Waals surface area contributed by atoms with Crippen molar-refractivity contribution in [3.63, 3.8) is 0 Å². The van der Waals surface area contributed by atoms with Gasteiger partial charge in [-0.25, -0.2) is 0 Å². The lowest BCUT2D eigenvalue weighted by atomic mass is 9.97. The van der Waals surface area contributed by atoms with Gasteiger partial charge in [0.1, 0.15) is 0 Å². The molecule has 0 spiro atoms. The zero-order chi connectivity index (χ0) is 15.2. The Hall–Kier alpha value is -2.03. The fourth-order valence-corrected chi connectivity index (χ4v) is 2.11. The average molecular weight is 318 g/mol. The maximum atomic E-state index is 10.8. The van der Waals surface area contributed by atoms with Crippen molar-refractivity contribution < 1.29 is 4.79 Å². The molecule has 0 radical (unpaired) electrons. The zero-order valence-electron chi connectivity index (χ0n) is 11.1. The molecule has 0 fully saturated rings. The Morgan fingerprint density at radius 1 is 0.857 bits per heavy atom. The van der Waals surface area contributed by atoms with Crippen LogP contribution in [-0.4, -0.2) is 5.91 Å². The number of carbonyl (C=O) groups excluding carboxylic acids is 1. The summed E-state index contributed by atoms with van der Waals surface area (Å²) >= 11 is 11.8. The van der Waals surface area contributed by atoms with Gasteiger partial charge in [0, 0.05) is 16.1 Å². The molecule has 21 heavy (non-hydrogen) atoms. The monoisotopic (exact) mass is 317 g/mol. The van der Waals surface area contributed by atoms with Crippen LogP contribution in [-0.2, 0) is 4.79 Å². The Bertz CT molecular complexity index is 638. The molecule has 0 unspecified atom stereocenters. The number of nitrogens with two attached hydrogens (primary N) is 1. The van der Waals surface area contributed by atoms with E-state index in [4.69, 9.17) is 28.9 Å². The Labute approximate surface area is 133 Å². The third kappa shape index (κ3) is 4.48. The number of carbonyl (C=O) groups is 1.